The third kappa shape index (κ3) is 4.73. The topological polar surface area (TPSA) is 67.1 Å². The van der Waals surface area contributed by atoms with Crippen LogP contribution in [0.15, 0.2) is 24.3 Å². The van der Waals surface area contributed by atoms with Gasteiger partial charge in [0.25, 0.3) is 0 Å². The summed E-state index contributed by atoms with van der Waals surface area (Å²) in [4.78, 5) is 11.8. The maximum Gasteiger partial charge on any atom is 0.315 e. The van der Waals surface area contributed by atoms with Crippen molar-refractivity contribution in [3.8, 4) is 0 Å². The van der Waals surface area contributed by atoms with Crippen molar-refractivity contribution >= 4 is 17.6 Å². The van der Waals surface area contributed by atoms with E-state index in [4.69, 9.17) is 17.3 Å². The molecule has 1 saturated carbocycles. The van der Waals surface area contributed by atoms with Crippen molar-refractivity contribution < 1.29 is 4.79 Å². The van der Waals surface area contributed by atoms with Crippen LogP contribution in [0.3, 0.4) is 0 Å². The molecule has 1 aromatic carbocycles. The first-order valence-electron chi connectivity index (χ1n) is 6.68. The molecule has 1 aliphatic rings. The maximum absolute atomic E-state index is 11.8. The van der Waals surface area contributed by atoms with Crippen LogP contribution in [0.4, 0.5) is 4.79 Å². The molecule has 0 atom stereocenters. The molecule has 19 heavy (non-hydrogen) atoms. The van der Waals surface area contributed by atoms with Gasteiger partial charge in [-0.2, -0.15) is 0 Å². The lowest BCUT2D eigenvalue weighted by Gasteiger charge is -2.26. The van der Waals surface area contributed by atoms with Crippen LogP contribution in [0.2, 0.25) is 5.02 Å². The van der Waals surface area contributed by atoms with E-state index in [0.29, 0.717) is 17.6 Å². The second-order valence-electron chi connectivity index (χ2n) is 5.07. The molecule has 1 fully saturated rings. The van der Waals surface area contributed by atoms with Crippen molar-refractivity contribution in [2.45, 2.75) is 44.3 Å². The van der Waals surface area contributed by atoms with Gasteiger partial charge in [0.2, 0.25) is 0 Å². The summed E-state index contributed by atoms with van der Waals surface area (Å²) in [5.41, 5.74) is 6.87. The van der Waals surface area contributed by atoms with Gasteiger partial charge in [0.05, 0.1) is 0 Å². The average Bonchev–Trinajstić information content (AvgIpc) is 2.41. The largest absolute Gasteiger partial charge is 0.335 e. The van der Waals surface area contributed by atoms with Crippen molar-refractivity contribution in [3.05, 3.63) is 34.9 Å². The summed E-state index contributed by atoms with van der Waals surface area (Å²) in [5.74, 6) is 0. The summed E-state index contributed by atoms with van der Waals surface area (Å²) in [5, 5.41) is 6.54. The van der Waals surface area contributed by atoms with E-state index in [2.05, 4.69) is 10.6 Å². The zero-order chi connectivity index (χ0) is 13.7. The fourth-order valence-corrected chi connectivity index (χ4v) is 2.41. The Balaban J connectivity index is 1.71. The summed E-state index contributed by atoms with van der Waals surface area (Å²) >= 11 is 5.81. The van der Waals surface area contributed by atoms with Crippen LogP contribution < -0.4 is 16.4 Å². The Bertz CT molecular complexity index is 413. The minimum atomic E-state index is -0.115. The second kappa shape index (κ2) is 6.78. The fraction of sp³-hybridized carbons (Fsp3) is 0.500. The Labute approximate surface area is 118 Å². The molecular formula is C14H20ClN3O. The molecule has 0 radical (unpaired) electrons. The summed E-state index contributed by atoms with van der Waals surface area (Å²) < 4.78 is 0. The van der Waals surface area contributed by atoms with E-state index in [9.17, 15) is 4.79 Å². The number of halogens is 1. The van der Waals surface area contributed by atoms with E-state index in [1.165, 1.54) is 0 Å². The summed E-state index contributed by atoms with van der Waals surface area (Å²) in [6.07, 6.45) is 3.91. The van der Waals surface area contributed by atoms with E-state index in [1.807, 2.05) is 24.3 Å². The predicted octanol–water partition coefficient (Wildman–Crippen LogP) is 2.41. The highest BCUT2D eigenvalue weighted by atomic mass is 35.5. The molecule has 0 spiro atoms. The highest BCUT2D eigenvalue weighted by Gasteiger charge is 2.19. The molecule has 0 aliphatic heterocycles. The molecule has 2 rings (SSSR count). The van der Waals surface area contributed by atoms with Gasteiger partial charge in [-0.3, -0.25) is 0 Å². The number of nitrogens with two attached hydrogens (primary N) is 1. The van der Waals surface area contributed by atoms with Gasteiger partial charge in [0.1, 0.15) is 0 Å². The third-order valence-electron chi connectivity index (χ3n) is 3.47. The molecule has 4 nitrogen and oxygen atoms in total. The van der Waals surface area contributed by atoms with Crippen molar-refractivity contribution in [3.63, 3.8) is 0 Å². The third-order valence-corrected chi connectivity index (χ3v) is 3.73. The molecule has 0 bridgehead atoms. The smallest absolute Gasteiger partial charge is 0.315 e. The van der Waals surface area contributed by atoms with Crippen LogP contribution in [-0.4, -0.2) is 18.1 Å². The molecule has 104 valence electrons. The van der Waals surface area contributed by atoms with Gasteiger partial charge < -0.3 is 16.4 Å². The van der Waals surface area contributed by atoms with E-state index < -0.39 is 0 Å². The van der Waals surface area contributed by atoms with Gasteiger partial charge in [-0.05, 0) is 43.4 Å². The number of rotatable bonds is 3. The number of carbonyl (C=O) groups is 1. The monoisotopic (exact) mass is 281 g/mol. The number of benzene rings is 1. The molecule has 0 aromatic heterocycles. The van der Waals surface area contributed by atoms with E-state index >= 15 is 0 Å². The van der Waals surface area contributed by atoms with Crippen LogP contribution in [0.25, 0.3) is 0 Å². The Morgan fingerprint density at radius 2 is 1.84 bits per heavy atom. The first-order valence-corrected chi connectivity index (χ1v) is 7.05. The van der Waals surface area contributed by atoms with E-state index in [1.54, 1.807) is 0 Å². The molecule has 1 aliphatic carbocycles. The zero-order valence-electron chi connectivity index (χ0n) is 10.9. The maximum atomic E-state index is 11.8. The van der Waals surface area contributed by atoms with Crippen LogP contribution >= 0.6 is 11.6 Å². The van der Waals surface area contributed by atoms with Gasteiger partial charge in [-0.1, -0.05) is 23.7 Å². The fourth-order valence-electron chi connectivity index (χ4n) is 2.28. The number of hydrogen-bond acceptors (Lipinski definition) is 2. The highest BCUT2D eigenvalue weighted by molar-refractivity contribution is 6.30. The highest BCUT2D eigenvalue weighted by Crippen LogP contribution is 2.16. The van der Waals surface area contributed by atoms with Gasteiger partial charge in [-0.15, -0.1) is 0 Å². The normalized spacial score (nSPS) is 22.8. The van der Waals surface area contributed by atoms with Crippen LogP contribution in [0.5, 0.6) is 0 Å². The number of urea groups is 1. The lowest BCUT2D eigenvalue weighted by atomic mass is 9.92. The van der Waals surface area contributed by atoms with Gasteiger partial charge in [-0.25, -0.2) is 4.79 Å². The van der Waals surface area contributed by atoms with Crippen molar-refractivity contribution in [2.24, 2.45) is 5.73 Å². The molecule has 0 heterocycles. The SMILES string of the molecule is NC1CCC(NC(=O)NCc2ccc(Cl)cc2)CC1. The lowest BCUT2D eigenvalue weighted by Crippen LogP contribution is -2.44. The molecular weight excluding hydrogens is 262 g/mol. The second-order valence-corrected chi connectivity index (χ2v) is 5.50. The summed E-state index contributed by atoms with van der Waals surface area (Å²) in [7, 11) is 0. The molecule has 1 aromatic rings. The predicted molar refractivity (Wildman–Crippen MR) is 77.1 cm³/mol. The minimum absolute atomic E-state index is 0.115. The molecule has 0 unspecified atom stereocenters. The number of nitrogens with one attached hydrogen (secondary N) is 2. The molecule has 2 amide bonds. The first kappa shape index (κ1) is 14.2. The Morgan fingerprint density at radius 1 is 1.21 bits per heavy atom. The molecule has 5 heteroatoms. The van der Waals surface area contributed by atoms with Gasteiger partial charge in [0, 0.05) is 23.7 Å². The van der Waals surface area contributed by atoms with Crippen LogP contribution in [-0.2, 0) is 6.54 Å². The average molecular weight is 282 g/mol. The van der Waals surface area contributed by atoms with Gasteiger partial charge in [0.15, 0.2) is 0 Å². The van der Waals surface area contributed by atoms with Crippen molar-refractivity contribution in [2.75, 3.05) is 0 Å². The Hall–Kier alpha value is -1.26. The van der Waals surface area contributed by atoms with Crippen LogP contribution in [0, 0.1) is 0 Å². The number of hydrogen-bond donors (Lipinski definition) is 3. The first-order chi connectivity index (χ1) is 9.13. The minimum Gasteiger partial charge on any atom is -0.335 e. The number of amides is 2. The number of carbonyl (C=O) groups excluding carboxylic acids is 1. The van der Waals surface area contributed by atoms with E-state index in [0.717, 1.165) is 31.2 Å². The summed E-state index contributed by atoms with van der Waals surface area (Å²) in [6.45, 7) is 0.509. The zero-order valence-corrected chi connectivity index (χ0v) is 11.6. The lowest BCUT2D eigenvalue weighted by molar-refractivity contribution is 0.231. The van der Waals surface area contributed by atoms with Crippen molar-refractivity contribution in [1.29, 1.82) is 0 Å². The molecule has 4 N–H and O–H groups in total. The summed E-state index contributed by atoms with van der Waals surface area (Å²) in [6, 6.07) is 7.89. The molecule has 0 saturated heterocycles. The standard InChI is InChI=1S/C14H20ClN3O/c15-11-3-1-10(2-4-11)9-17-14(19)18-13-7-5-12(16)6-8-13/h1-4,12-13H,5-9,16H2,(H2,17,18,19). The van der Waals surface area contributed by atoms with Gasteiger partial charge >= 0.3 is 6.03 Å². The quantitative estimate of drug-likeness (QED) is 0.796. The van der Waals surface area contributed by atoms with Crippen molar-refractivity contribution in [1.82, 2.24) is 10.6 Å². The Kier molecular flexibility index (Phi) is 5.05. The van der Waals surface area contributed by atoms with Crippen LogP contribution in [0.1, 0.15) is 31.2 Å². The Morgan fingerprint density at radius 3 is 2.47 bits per heavy atom. The van der Waals surface area contributed by atoms with E-state index in [-0.39, 0.29) is 12.1 Å².